The summed E-state index contributed by atoms with van der Waals surface area (Å²) in [6.45, 7) is 0. The first-order valence-electron chi connectivity index (χ1n) is 17.3. The van der Waals surface area contributed by atoms with Gasteiger partial charge in [0.2, 0.25) is 0 Å². The predicted molar refractivity (Wildman–Crippen MR) is 214 cm³/mol. The van der Waals surface area contributed by atoms with E-state index in [2.05, 4.69) is 206 Å². The van der Waals surface area contributed by atoms with Crippen LogP contribution in [0.4, 0.5) is 0 Å². The maximum atomic E-state index is 2.41. The Morgan fingerprint density at radius 2 is 0.540 bits per heavy atom. The molecule has 0 heteroatoms. The average Bonchev–Trinajstić information content (AvgIpc) is 3.21. The second kappa shape index (κ2) is 12.8. The van der Waals surface area contributed by atoms with Gasteiger partial charge in [-0.3, -0.25) is 0 Å². The predicted octanol–water partition coefficient (Wildman–Crippen LogP) is 14.0. The van der Waals surface area contributed by atoms with Crippen LogP contribution in [0.1, 0.15) is 0 Å². The molecule has 0 N–H and O–H groups in total. The maximum Gasteiger partial charge on any atom is -0.00199 e. The second-order valence-corrected chi connectivity index (χ2v) is 12.9. The molecule has 0 aliphatic rings. The standard InChI is InChI=1S/C50H34/c1-4-15-35(16-5-1)37-27-29-38(30-28-37)41-31-32-43(39-19-8-3-9-20-39)48(34-41)50-46-25-12-10-23-44(46)49(45-24-11-13-26-47(45)50)42-22-14-21-40(33-42)36-17-6-2-7-18-36/h1-34H. The minimum Gasteiger partial charge on any atom is -0.0622 e. The van der Waals surface area contributed by atoms with Crippen LogP contribution in [-0.4, -0.2) is 0 Å². The molecular weight excluding hydrogens is 601 g/mol. The highest BCUT2D eigenvalue weighted by Crippen LogP contribution is 2.47. The van der Waals surface area contributed by atoms with Crippen LogP contribution in [0.3, 0.4) is 0 Å². The van der Waals surface area contributed by atoms with Crippen molar-refractivity contribution in [2.75, 3.05) is 0 Å². The van der Waals surface area contributed by atoms with Gasteiger partial charge < -0.3 is 0 Å². The Hall–Kier alpha value is -6.50. The summed E-state index contributed by atoms with van der Waals surface area (Å²) in [6, 6.07) is 74.9. The fraction of sp³-hybridized carbons (Fsp3) is 0. The molecule has 9 aromatic carbocycles. The van der Waals surface area contributed by atoms with E-state index in [0.717, 1.165) is 0 Å². The molecule has 0 fully saturated rings. The summed E-state index contributed by atoms with van der Waals surface area (Å²) >= 11 is 0. The molecule has 0 aliphatic carbocycles. The topological polar surface area (TPSA) is 0 Å². The maximum absolute atomic E-state index is 2.41. The first-order chi connectivity index (χ1) is 24.8. The van der Waals surface area contributed by atoms with Gasteiger partial charge in [0, 0.05) is 0 Å². The highest BCUT2D eigenvalue weighted by molar-refractivity contribution is 6.22. The normalized spacial score (nSPS) is 11.2. The SMILES string of the molecule is c1ccc(-c2ccc(-c3ccc(-c4ccccc4)c(-c4c5ccccc5c(-c5cccc(-c6ccccc6)c5)c5ccccc45)c3)cc2)cc1. The summed E-state index contributed by atoms with van der Waals surface area (Å²) in [5.41, 5.74) is 14.7. The monoisotopic (exact) mass is 634 g/mol. The largest absolute Gasteiger partial charge is 0.0622 e. The molecule has 234 valence electrons. The lowest BCUT2D eigenvalue weighted by atomic mass is 9.82. The minimum absolute atomic E-state index is 1.20. The summed E-state index contributed by atoms with van der Waals surface area (Å²) in [4.78, 5) is 0. The molecule has 0 bridgehead atoms. The van der Waals surface area contributed by atoms with E-state index >= 15 is 0 Å². The minimum atomic E-state index is 1.20. The highest BCUT2D eigenvalue weighted by Gasteiger charge is 2.20. The molecule has 0 aliphatic heterocycles. The third-order valence-corrected chi connectivity index (χ3v) is 9.89. The van der Waals surface area contributed by atoms with Crippen molar-refractivity contribution in [1.82, 2.24) is 0 Å². The Labute approximate surface area is 293 Å². The Morgan fingerprint density at radius 1 is 0.180 bits per heavy atom. The number of rotatable bonds is 6. The lowest BCUT2D eigenvalue weighted by Gasteiger charge is -2.21. The number of hydrogen-bond donors (Lipinski definition) is 0. The molecule has 9 aromatic rings. The molecule has 9 rings (SSSR count). The first-order valence-corrected chi connectivity index (χ1v) is 17.3. The Bertz CT molecular complexity index is 2540. The van der Waals surface area contributed by atoms with Crippen molar-refractivity contribution in [2.24, 2.45) is 0 Å². The second-order valence-electron chi connectivity index (χ2n) is 12.9. The lowest BCUT2D eigenvalue weighted by Crippen LogP contribution is -1.94. The van der Waals surface area contributed by atoms with Gasteiger partial charge in [0.05, 0.1) is 0 Å². The van der Waals surface area contributed by atoms with Crippen LogP contribution in [0.25, 0.3) is 88.3 Å². The van der Waals surface area contributed by atoms with E-state index in [1.165, 1.54) is 88.3 Å². The van der Waals surface area contributed by atoms with Gasteiger partial charge in [-0.2, -0.15) is 0 Å². The van der Waals surface area contributed by atoms with Crippen LogP contribution >= 0.6 is 0 Å². The summed E-state index contributed by atoms with van der Waals surface area (Å²) < 4.78 is 0. The van der Waals surface area contributed by atoms with Crippen LogP contribution in [0.5, 0.6) is 0 Å². The Kier molecular flexibility index (Phi) is 7.61. The molecule has 0 spiro atoms. The fourth-order valence-electron chi connectivity index (χ4n) is 7.50. The highest BCUT2D eigenvalue weighted by atomic mass is 14.2. The quantitative estimate of drug-likeness (QED) is 0.160. The van der Waals surface area contributed by atoms with Crippen molar-refractivity contribution in [3.63, 3.8) is 0 Å². The van der Waals surface area contributed by atoms with Crippen LogP contribution in [0, 0.1) is 0 Å². The van der Waals surface area contributed by atoms with Crippen molar-refractivity contribution >= 4 is 21.5 Å². The Balaban J connectivity index is 1.29. The van der Waals surface area contributed by atoms with Crippen molar-refractivity contribution in [1.29, 1.82) is 0 Å². The van der Waals surface area contributed by atoms with Crippen molar-refractivity contribution in [3.05, 3.63) is 206 Å². The zero-order valence-electron chi connectivity index (χ0n) is 27.6. The van der Waals surface area contributed by atoms with Crippen molar-refractivity contribution < 1.29 is 0 Å². The van der Waals surface area contributed by atoms with Crippen molar-refractivity contribution in [2.45, 2.75) is 0 Å². The molecule has 0 saturated heterocycles. The van der Waals surface area contributed by atoms with Gasteiger partial charge in [-0.25, -0.2) is 0 Å². The molecule has 0 nitrogen and oxygen atoms in total. The third-order valence-electron chi connectivity index (χ3n) is 9.89. The van der Waals surface area contributed by atoms with E-state index in [1.807, 2.05) is 0 Å². The van der Waals surface area contributed by atoms with Crippen LogP contribution in [-0.2, 0) is 0 Å². The van der Waals surface area contributed by atoms with Gasteiger partial charge >= 0.3 is 0 Å². The van der Waals surface area contributed by atoms with Gasteiger partial charge in [-0.05, 0) is 100 Å². The van der Waals surface area contributed by atoms with E-state index in [0.29, 0.717) is 0 Å². The number of fused-ring (bicyclic) bond motifs is 2. The molecule has 0 aromatic heterocycles. The van der Waals surface area contributed by atoms with Crippen molar-refractivity contribution in [3.8, 4) is 66.8 Å². The van der Waals surface area contributed by atoms with E-state index in [-0.39, 0.29) is 0 Å². The summed E-state index contributed by atoms with van der Waals surface area (Å²) in [5, 5.41) is 5.01. The molecule has 50 heavy (non-hydrogen) atoms. The number of hydrogen-bond acceptors (Lipinski definition) is 0. The van der Waals surface area contributed by atoms with Gasteiger partial charge in [-0.1, -0.05) is 194 Å². The summed E-state index contributed by atoms with van der Waals surface area (Å²) in [7, 11) is 0. The van der Waals surface area contributed by atoms with E-state index in [1.54, 1.807) is 0 Å². The smallest absolute Gasteiger partial charge is 0.00199 e. The fourth-order valence-corrected chi connectivity index (χ4v) is 7.50. The molecule has 0 radical (unpaired) electrons. The van der Waals surface area contributed by atoms with Gasteiger partial charge in [-0.15, -0.1) is 0 Å². The van der Waals surface area contributed by atoms with E-state index in [4.69, 9.17) is 0 Å². The first kappa shape index (κ1) is 29.6. The van der Waals surface area contributed by atoms with Gasteiger partial charge in [0.1, 0.15) is 0 Å². The molecule has 0 heterocycles. The van der Waals surface area contributed by atoms with Crippen LogP contribution < -0.4 is 0 Å². The molecule has 0 amide bonds. The summed E-state index contributed by atoms with van der Waals surface area (Å²) in [6.07, 6.45) is 0. The van der Waals surface area contributed by atoms with Gasteiger partial charge in [0.25, 0.3) is 0 Å². The molecule has 0 atom stereocenters. The zero-order valence-corrected chi connectivity index (χ0v) is 27.6. The molecular formula is C50H34. The van der Waals surface area contributed by atoms with Crippen LogP contribution in [0.2, 0.25) is 0 Å². The zero-order chi connectivity index (χ0) is 33.3. The average molecular weight is 635 g/mol. The number of benzene rings is 9. The molecule has 0 unspecified atom stereocenters. The lowest BCUT2D eigenvalue weighted by molar-refractivity contribution is 1.57. The van der Waals surface area contributed by atoms with E-state index in [9.17, 15) is 0 Å². The molecule has 0 saturated carbocycles. The Morgan fingerprint density at radius 3 is 1.10 bits per heavy atom. The summed E-state index contributed by atoms with van der Waals surface area (Å²) in [5.74, 6) is 0. The van der Waals surface area contributed by atoms with Crippen LogP contribution in [0.15, 0.2) is 206 Å². The van der Waals surface area contributed by atoms with Gasteiger partial charge in [0.15, 0.2) is 0 Å². The third kappa shape index (κ3) is 5.38. The van der Waals surface area contributed by atoms with E-state index < -0.39 is 0 Å².